The molecule has 4 aliphatic rings. The Labute approximate surface area is 311 Å². The second-order valence-corrected chi connectivity index (χ2v) is 95.8. The second kappa shape index (κ2) is 11.3. The second-order valence-electron chi connectivity index (χ2n) is 22.2. The van der Waals surface area contributed by atoms with Gasteiger partial charge in [-0.1, -0.05) is 0 Å². The van der Waals surface area contributed by atoms with Gasteiger partial charge in [-0.25, -0.2) is 0 Å². The van der Waals surface area contributed by atoms with E-state index in [0.29, 0.717) is 7.35 Å². The van der Waals surface area contributed by atoms with Gasteiger partial charge in [-0.3, -0.25) is 0 Å². The molecule has 0 saturated heterocycles. The van der Waals surface area contributed by atoms with Crippen LogP contribution in [0.15, 0.2) is 97.1 Å². The number of hydrogen-bond donors (Lipinski definition) is 0. The fraction of sp³-hybridized carbons (Fsp3) is 0.440. The number of rotatable bonds is 6. The molecule has 272 valence electrons. The van der Waals surface area contributed by atoms with Crippen molar-refractivity contribution in [2.24, 2.45) is 0 Å². The average Bonchev–Trinajstić information content (AvgIpc) is 3.95. The van der Waals surface area contributed by atoms with Crippen molar-refractivity contribution >= 4 is 19.1 Å². The van der Waals surface area contributed by atoms with E-state index >= 15 is 0 Å². The number of hydrogen-bond acceptors (Lipinski definition) is 0. The quantitative estimate of drug-likeness (QED) is 0.169. The van der Waals surface area contributed by atoms with Gasteiger partial charge in [0.05, 0.1) is 0 Å². The zero-order chi connectivity index (χ0) is 36.8. The van der Waals surface area contributed by atoms with E-state index in [1.54, 1.807) is 11.1 Å². The van der Waals surface area contributed by atoms with Crippen LogP contribution in [0.5, 0.6) is 0 Å². The predicted octanol–water partition coefficient (Wildman–Crippen LogP) is 14.6. The van der Waals surface area contributed by atoms with Gasteiger partial charge in [0.1, 0.15) is 0 Å². The molecule has 2 saturated carbocycles. The normalized spacial score (nSPS) is 22.9. The Balaban J connectivity index is 1.36. The molecule has 8 rings (SSSR count). The zero-order valence-corrected chi connectivity index (χ0v) is 38.6. The molecule has 2 atom stereocenters. The van der Waals surface area contributed by atoms with Gasteiger partial charge in [-0.2, -0.15) is 0 Å². The van der Waals surface area contributed by atoms with Crippen LogP contribution in [0, 0.1) is 0 Å². The first kappa shape index (κ1) is 36.4. The van der Waals surface area contributed by atoms with Crippen LogP contribution in [0.2, 0.25) is 16.7 Å². The summed E-state index contributed by atoms with van der Waals surface area (Å²) < 4.78 is 8.70. The summed E-state index contributed by atoms with van der Waals surface area (Å²) in [6.07, 6.45) is 22.0. The summed E-state index contributed by atoms with van der Waals surface area (Å²) in [5.74, 6) is 0. The van der Waals surface area contributed by atoms with Crippen LogP contribution in [-0.4, -0.2) is 6.94 Å². The zero-order valence-electron chi connectivity index (χ0n) is 33.6. The monoisotopic (exact) mass is 872 g/mol. The predicted molar refractivity (Wildman–Crippen MR) is 229 cm³/mol. The Morgan fingerprint density at radius 1 is 0.500 bits per heavy atom. The van der Waals surface area contributed by atoms with Gasteiger partial charge >= 0.3 is 314 Å². The van der Waals surface area contributed by atoms with Crippen LogP contribution in [-0.2, 0) is 25.0 Å². The van der Waals surface area contributed by atoms with Gasteiger partial charge in [0.25, 0.3) is 0 Å². The third-order valence-electron chi connectivity index (χ3n) is 17.1. The Morgan fingerprint density at radius 3 is 1.17 bits per heavy atom. The molecule has 4 aromatic rings. The van der Waals surface area contributed by atoms with Crippen molar-refractivity contribution in [3.05, 3.63) is 130 Å². The van der Waals surface area contributed by atoms with Crippen molar-refractivity contribution in [2.45, 2.75) is 128 Å². The molecule has 0 spiro atoms. The van der Waals surface area contributed by atoms with Crippen molar-refractivity contribution in [2.75, 3.05) is 0 Å². The summed E-state index contributed by atoms with van der Waals surface area (Å²) in [5.41, 5.74) is 14.9. The number of fused-ring (bicyclic) bond motifs is 2. The summed E-state index contributed by atoms with van der Waals surface area (Å²) in [4.78, 5) is 0. The van der Waals surface area contributed by atoms with Crippen molar-refractivity contribution in [1.82, 2.24) is 0 Å². The van der Waals surface area contributed by atoms with E-state index in [-0.39, 0.29) is 10.8 Å². The van der Waals surface area contributed by atoms with Gasteiger partial charge < -0.3 is 0 Å². The molecule has 2 heteroatoms. The topological polar surface area (TPSA) is 0 Å². The maximum absolute atomic E-state index is 5.34. The van der Waals surface area contributed by atoms with E-state index in [0.717, 1.165) is 7.35 Å². The van der Waals surface area contributed by atoms with Gasteiger partial charge in [-0.05, 0) is 0 Å². The number of allylic oxidation sites excluding steroid dienone is 2. The van der Waals surface area contributed by atoms with Crippen LogP contribution in [0.25, 0.3) is 34.4 Å². The van der Waals surface area contributed by atoms with Crippen LogP contribution in [0.1, 0.15) is 134 Å². The van der Waals surface area contributed by atoms with Crippen LogP contribution in [0.4, 0.5) is 0 Å². The van der Waals surface area contributed by atoms with Crippen molar-refractivity contribution in [1.29, 1.82) is 0 Å². The Kier molecular flexibility index (Phi) is 7.88. The molecule has 0 aliphatic heterocycles. The Hall–Kier alpha value is -2.55. The SMILES string of the molecule is CC(C)(C)c1ccc(-c2cccc3c2C=C[CH]3[Hf]([CH3])([CH3])(=[SiH2])([CH]2CCCC2)([CH]2CCCC2)[CH]2C=Cc3c(-c4ccc(C(C)(C)C)cc4)cccc32)cc1. The molecule has 4 aromatic carbocycles. The van der Waals surface area contributed by atoms with Gasteiger partial charge in [0.15, 0.2) is 0 Å². The standard InChI is InChI=1S/2C19H19.2C5H9.2CH3.Hf.H2Si/c2*1-19(2,3)16-12-10-15(11-13-16)18-9-5-7-14-6-4-8-17(14)18;2*1-2-4-5-3-1;;;;/h2*4-13H,1-3H3;2*1H,2-5H2;2*1H3;;1H2. The number of benzene rings is 4. The van der Waals surface area contributed by atoms with E-state index in [1.165, 1.54) is 95.9 Å². The van der Waals surface area contributed by atoms with Crippen molar-refractivity contribution in [3.63, 3.8) is 0 Å². The molecule has 4 aliphatic carbocycles. The van der Waals surface area contributed by atoms with Gasteiger partial charge in [-0.15, -0.1) is 0 Å². The van der Waals surface area contributed by atoms with Crippen molar-refractivity contribution < 1.29 is 14.2 Å². The summed E-state index contributed by atoms with van der Waals surface area (Å²) in [6.45, 7) is 16.6. The Morgan fingerprint density at radius 2 is 0.846 bits per heavy atom. The van der Waals surface area contributed by atoms with E-state index in [9.17, 15) is 0 Å². The first-order valence-electron chi connectivity index (χ1n) is 20.8. The van der Waals surface area contributed by atoms with E-state index < -0.39 is 14.2 Å². The summed E-state index contributed by atoms with van der Waals surface area (Å²) in [5, 5.41) is 0. The molecule has 0 aromatic heterocycles. The molecule has 0 radical (unpaired) electrons. The molecule has 0 bridgehead atoms. The fourth-order valence-electron chi connectivity index (χ4n) is 13.7. The minimum atomic E-state index is -5.34. The summed E-state index contributed by atoms with van der Waals surface area (Å²) in [7, 11) is 0. The molecule has 0 nitrogen and oxygen atoms in total. The summed E-state index contributed by atoms with van der Waals surface area (Å²) in [6, 6.07) is 33.8. The summed E-state index contributed by atoms with van der Waals surface area (Å²) >= 11 is -5.34. The molecular formula is C50H64HfSi. The van der Waals surface area contributed by atoms with Crippen LogP contribution < -0.4 is 0 Å². The molecule has 2 unspecified atom stereocenters. The molecule has 2 fully saturated rings. The van der Waals surface area contributed by atoms with Crippen LogP contribution >= 0.6 is 0 Å². The maximum atomic E-state index is 3.08. The third kappa shape index (κ3) is 4.84. The average molecular weight is 872 g/mol. The van der Waals surface area contributed by atoms with E-state index in [1.807, 2.05) is 0 Å². The third-order valence-corrected chi connectivity index (χ3v) is 87.4. The Bertz CT molecular complexity index is 2090. The minimum absolute atomic E-state index is 0.151. The molecular weight excluding hydrogens is 807 g/mol. The van der Waals surface area contributed by atoms with Gasteiger partial charge in [0, 0.05) is 0 Å². The van der Waals surface area contributed by atoms with Crippen molar-refractivity contribution in [3.8, 4) is 22.3 Å². The molecule has 0 heterocycles. The fourth-order valence-corrected chi connectivity index (χ4v) is 77.2. The molecule has 0 N–H and O–H groups in total. The first-order chi connectivity index (χ1) is 24.4. The van der Waals surface area contributed by atoms with E-state index in [2.05, 4.69) is 167 Å². The molecule has 52 heavy (non-hydrogen) atoms. The van der Waals surface area contributed by atoms with Gasteiger partial charge in [0.2, 0.25) is 0 Å². The molecule has 0 amide bonds. The van der Waals surface area contributed by atoms with Crippen LogP contribution in [0.3, 0.4) is 0 Å². The first-order valence-corrected chi connectivity index (χ1v) is 44.6. The van der Waals surface area contributed by atoms with E-state index in [4.69, 9.17) is 0 Å².